The number of halogens is 1. The number of aromatic nitrogens is 2. The summed E-state index contributed by atoms with van der Waals surface area (Å²) in [6.45, 7) is 0. The molecule has 4 rings (SSSR count). The number of nitriles is 1. The molecular weight excluding hydrogens is 525 g/mol. The van der Waals surface area contributed by atoms with Crippen molar-refractivity contribution in [3.63, 3.8) is 0 Å². The molecule has 3 aromatic rings. The summed E-state index contributed by atoms with van der Waals surface area (Å²) >= 11 is 0. The van der Waals surface area contributed by atoms with E-state index >= 15 is 0 Å². The standard InChI is InChI=1S/C26H26FN7O4S/c1-39(37,38)19-7-5-17(6-8-19)33-26(36)20-14-30-23(34-25-21(27)9-15(12-28)13-31-25)11-22(20)32-18-4-2-3-16(10-18)24(29)35/h2-4,7,9-11,13-14,17,37-38H,5-6,8H2,1H3,(H2,29,35)(H,33,36)(H2,30,31,32,34). The molecule has 0 spiro atoms. The molecule has 1 atom stereocenters. The summed E-state index contributed by atoms with van der Waals surface area (Å²) in [6, 6.07) is 10.5. The van der Waals surface area contributed by atoms with Crippen LogP contribution in [0.4, 0.5) is 27.4 Å². The number of carbonyl (C=O) groups excluding carboxylic acids is 2. The van der Waals surface area contributed by atoms with E-state index in [4.69, 9.17) is 11.0 Å². The number of anilines is 4. The maximum atomic E-state index is 14.4. The molecule has 7 N–H and O–H groups in total. The van der Waals surface area contributed by atoms with Gasteiger partial charge in [-0.3, -0.25) is 18.7 Å². The van der Waals surface area contributed by atoms with E-state index in [1.807, 2.05) is 6.07 Å². The molecule has 202 valence electrons. The van der Waals surface area contributed by atoms with Crippen LogP contribution in [0.1, 0.15) is 45.5 Å². The highest BCUT2D eigenvalue weighted by molar-refractivity contribution is 8.27. The first kappa shape index (κ1) is 27.5. The van der Waals surface area contributed by atoms with E-state index in [1.165, 1.54) is 30.8 Å². The number of nitrogens with two attached hydrogens (primary N) is 1. The lowest BCUT2D eigenvalue weighted by Crippen LogP contribution is -2.36. The van der Waals surface area contributed by atoms with Crippen LogP contribution in [0.15, 0.2) is 59.8 Å². The van der Waals surface area contributed by atoms with Crippen molar-refractivity contribution in [3.8, 4) is 6.07 Å². The molecule has 2 heterocycles. The number of benzene rings is 1. The predicted octanol–water partition coefficient (Wildman–Crippen LogP) is 4.62. The van der Waals surface area contributed by atoms with Crippen LogP contribution < -0.4 is 21.7 Å². The zero-order chi connectivity index (χ0) is 28.2. The number of nitrogens with one attached hydrogen (secondary N) is 3. The number of primary amides is 1. The number of carbonyl (C=O) groups is 2. The largest absolute Gasteiger partial charge is 0.366 e. The molecule has 13 heteroatoms. The van der Waals surface area contributed by atoms with E-state index in [9.17, 15) is 23.1 Å². The Labute approximate surface area is 225 Å². The third kappa shape index (κ3) is 6.88. The van der Waals surface area contributed by atoms with Gasteiger partial charge in [0.25, 0.3) is 5.91 Å². The van der Waals surface area contributed by atoms with Crippen LogP contribution in [0.3, 0.4) is 0 Å². The molecule has 0 saturated carbocycles. The van der Waals surface area contributed by atoms with Crippen LogP contribution in [-0.2, 0) is 0 Å². The van der Waals surface area contributed by atoms with Gasteiger partial charge in [0.2, 0.25) is 5.91 Å². The molecule has 0 aliphatic heterocycles. The second kappa shape index (κ2) is 11.5. The zero-order valence-corrected chi connectivity index (χ0v) is 21.6. The minimum absolute atomic E-state index is 0.0587. The van der Waals surface area contributed by atoms with Gasteiger partial charge in [0, 0.05) is 46.9 Å². The molecule has 0 saturated heterocycles. The van der Waals surface area contributed by atoms with Crippen LogP contribution >= 0.6 is 10.6 Å². The summed E-state index contributed by atoms with van der Waals surface area (Å²) in [7, 11) is -2.78. The molecule has 2 aromatic heterocycles. The number of rotatable bonds is 8. The fourth-order valence-electron chi connectivity index (χ4n) is 3.98. The summed E-state index contributed by atoms with van der Waals surface area (Å²) in [4.78, 5) is 33.6. The monoisotopic (exact) mass is 551 g/mol. The first-order valence-corrected chi connectivity index (χ1v) is 13.7. The molecular formula is C26H26FN7O4S. The predicted molar refractivity (Wildman–Crippen MR) is 147 cm³/mol. The maximum Gasteiger partial charge on any atom is 0.255 e. The average molecular weight is 552 g/mol. The number of pyridine rings is 2. The van der Waals surface area contributed by atoms with Crippen molar-refractivity contribution in [2.45, 2.75) is 25.3 Å². The quantitative estimate of drug-likeness (QED) is 0.232. The van der Waals surface area contributed by atoms with E-state index in [2.05, 4.69) is 25.9 Å². The molecule has 11 nitrogen and oxygen atoms in total. The van der Waals surface area contributed by atoms with Gasteiger partial charge in [0.05, 0.1) is 16.8 Å². The lowest BCUT2D eigenvalue weighted by molar-refractivity contribution is 0.0934. The van der Waals surface area contributed by atoms with E-state index in [1.54, 1.807) is 24.3 Å². The first-order chi connectivity index (χ1) is 18.5. The minimum atomic E-state index is -2.78. The van der Waals surface area contributed by atoms with E-state index < -0.39 is 28.2 Å². The molecule has 1 aromatic carbocycles. The van der Waals surface area contributed by atoms with Gasteiger partial charge in [-0.15, -0.1) is 0 Å². The smallest absolute Gasteiger partial charge is 0.255 e. The van der Waals surface area contributed by atoms with Gasteiger partial charge < -0.3 is 21.7 Å². The fraction of sp³-hybridized carbons (Fsp3) is 0.192. The minimum Gasteiger partial charge on any atom is -0.366 e. The Kier molecular flexibility index (Phi) is 8.10. The average Bonchev–Trinajstić information content (AvgIpc) is 2.90. The summed E-state index contributed by atoms with van der Waals surface area (Å²) in [5.74, 6) is -1.81. The second-order valence-electron chi connectivity index (χ2n) is 8.93. The summed E-state index contributed by atoms with van der Waals surface area (Å²) in [5.41, 5.74) is 6.65. The molecule has 1 aliphatic rings. The van der Waals surface area contributed by atoms with Crippen molar-refractivity contribution in [3.05, 3.63) is 82.3 Å². The Morgan fingerprint density at radius 3 is 2.62 bits per heavy atom. The molecule has 39 heavy (non-hydrogen) atoms. The number of nitrogens with zero attached hydrogens (tertiary/aromatic N) is 3. The Morgan fingerprint density at radius 2 is 1.97 bits per heavy atom. The van der Waals surface area contributed by atoms with Gasteiger partial charge in [0.1, 0.15) is 11.9 Å². The van der Waals surface area contributed by atoms with Crippen LogP contribution in [0, 0.1) is 17.1 Å². The number of hydrogen-bond donors (Lipinski definition) is 6. The van der Waals surface area contributed by atoms with Gasteiger partial charge in [-0.25, -0.2) is 14.4 Å². The summed E-state index contributed by atoms with van der Waals surface area (Å²) in [6.07, 6.45) is 7.05. The number of allylic oxidation sites excluding steroid dienone is 1. The topological polar surface area (TPSA) is 186 Å². The second-order valence-corrected chi connectivity index (χ2v) is 11.1. The molecule has 0 radical (unpaired) electrons. The molecule has 1 aliphatic carbocycles. The lowest BCUT2D eigenvalue weighted by Gasteiger charge is -2.34. The van der Waals surface area contributed by atoms with Gasteiger partial charge >= 0.3 is 0 Å². The van der Waals surface area contributed by atoms with Crippen molar-refractivity contribution >= 4 is 45.4 Å². The molecule has 1 unspecified atom stereocenters. The van der Waals surface area contributed by atoms with Crippen molar-refractivity contribution in [2.24, 2.45) is 5.73 Å². The zero-order valence-electron chi connectivity index (χ0n) is 20.8. The first-order valence-electron chi connectivity index (χ1n) is 11.8. The van der Waals surface area contributed by atoms with E-state index in [0.717, 1.165) is 6.07 Å². The number of amides is 2. The Morgan fingerprint density at radius 1 is 1.18 bits per heavy atom. The Bertz CT molecular complexity index is 1500. The van der Waals surface area contributed by atoms with Crippen LogP contribution in [-0.4, -0.2) is 43.2 Å². The highest BCUT2D eigenvalue weighted by Gasteiger charge is 2.23. The Balaban J connectivity index is 1.62. The molecule has 0 bridgehead atoms. The highest BCUT2D eigenvalue weighted by Crippen LogP contribution is 2.47. The maximum absolute atomic E-state index is 14.4. The summed E-state index contributed by atoms with van der Waals surface area (Å²) in [5, 5.41) is 17.7. The van der Waals surface area contributed by atoms with Gasteiger partial charge in [-0.1, -0.05) is 12.1 Å². The van der Waals surface area contributed by atoms with Gasteiger partial charge in [-0.05, 0) is 43.5 Å². The SMILES string of the molecule is CS(O)(O)C1=CCC(NC(=O)c2cnc(Nc3ncc(C#N)cc3F)cc2Nc2cccc(C(N)=O)c2)CC1. The number of hydrogen-bond acceptors (Lipinski definition) is 9. The fourth-order valence-corrected chi connectivity index (χ4v) is 4.90. The Hall–Kier alpha value is -4.51. The highest BCUT2D eigenvalue weighted by atomic mass is 32.3. The van der Waals surface area contributed by atoms with E-state index in [0.29, 0.717) is 35.5 Å². The summed E-state index contributed by atoms with van der Waals surface area (Å²) < 4.78 is 34.2. The third-order valence-corrected chi connectivity index (χ3v) is 7.36. The lowest BCUT2D eigenvalue weighted by atomic mass is 10.0. The van der Waals surface area contributed by atoms with Crippen LogP contribution in [0.5, 0.6) is 0 Å². The third-order valence-electron chi connectivity index (χ3n) is 5.99. The van der Waals surface area contributed by atoms with E-state index in [-0.39, 0.29) is 34.4 Å². The van der Waals surface area contributed by atoms with Crippen molar-refractivity contribution < 1.29 is 23.1 Å². The van der Waals surface area contributed by atoms with Crippen molar-refractivity contribution in [1.82, 2.24) is 15.3 Å². The van der Waals surface area contributed by atoms with Crippen molar-refractivity contribution in [2.75, 3.05) is 16.9 Å². The van der Waals surface area contributed by atoms with Crippen LogP contribution in [0.2, 0.25) is 0 Å². The molecule has 2 amide bonds. The van der Waals surface area contributed by atoms with Gasteiger partial charge in [-0.2, -0.15) is 15.9 Å². The van der Waals surface area contributed by atoms with Gasteiger partial charge in [0.15, 0.2) is 11.6 Å². The molecule has 0 fully saturated rings. The normalized spacial score (nSPS) is 15.5. The van der Waals surface area contributed by atoms with Crippen molar-refractivity contribution in [1.29, 1.82) is 5.26 Å². The van der Waals surface area contributed by atoms with Crippen LogP contribution in [0.25, 0.3) is 0 Å².